The van der Waals surface area contributed by atoms with Gasteiger partial charge in [0.05, 0.1) is 15.6 Å². The van der Waals surface area contributed by atoms with Crippen molar-refractivity contribution in [3.63, 3.8) is 0 Å². The van der Waals surface area contributed by atoms with E-state index in [-0.39, 0.29) is 5.41 Å². The maximum Gasteiger partial charge on any atom is 0.0620 e. The lowest BCUT2D eigenvalue weighted by molar-refractivity contribution is 0.00301. The molecule has 2 rings (SSSR count). The molecule has 1 fully saturated rings. The van der Waals surface area contributed by atoms with Crippen LogP contribution in [-0.4, -0.2) is 10.7 Å². The third-order valence-corrected chi connectivity index (χ3v) is 4.79. The number of halogens is 2. The van der Waals surface area contributed by atoms with Gasteiger partial charge in [-0.3, -0.25) is 0 Å². The predicted molar refractivity (Wildman–Crippen MR) is 72.9 cm³/mol. The van der Waals surface area contributed by atoms with Crippen LogP contribution in [0.4, 0.5) is 0 Å². The quantitative estimate of drug-likeness (QED) is 0.794. The summed E-state index contributed by atoms with van der Waals surface area (Å²) in [5, 5.41) is 11.2. The highest BCUT2D eigenvalue weighted by Crippen LogP contribution is 2.43. The van der Waals surface area contributed by atoms with E-state index in [0.717, 1.165) is 25.7 Å². The minimum absolute atomic E-state index is 0.108. The zero-order valence-corrected chi connectivity index (χ0v) is 11.8. The van der Waals surface area contributed by atoms with Gasteiger partial charge in [0.25, 0.3) is 0 Å². The first-order valence-electron chi connectivity index (χ1n) is 6.00. The molecule has 0 heterocycles. The van der Waals surface area contributed by atoms with Gasteiger partial charge in [-0.2, -0.15) is 0 Å². The Kier molecular flexibility index (Phi) is 3.46. The standard InChI is InChI=1S/C14H18Cl2O/c1-13(5-7-14(2,17)8-6-13)10-3-4-11(15)12(16)9-10/h3-4,9,17H,5-8H2,1-2H3. The summed E-state index contributed by atoms with van der Waals surface area (Å²) in [6, 6.07) is 5.87. The molecule has 1 saturated carbocycles. The molecule has 1 nitrogen and oxygen atoms in total. The fraction of sp³-hybridized carbons (Fsp3) is 0.571. The van der Waals surface area contributed by atoms with E-state index >= 15 is 0 Å². The van der Waals surface area contributed by atoms with Gasteiger partial charge >= 0.3 is 0 Å². The summed E-state index contributed by atoms with van der Waals surface area (Å²) in [6.07, 6.45) is 3.64. The predicted octanol–water partition coefficient (Wildman–Crippen LogP) is 4.58. The van der Waals surface area contributed by atoms with E-state index in [0.29, 0.717) is 10.0 Å². The highest BCUT2D eigenvalue weighted by molar-refractivity contribution is 6.42. The van der Waals surface area contributed by atoms with Gasteiger partial charge in [-0.05, 0) is 55.7 Å². The molecule has 0 radical (unpaired) electrons. The Morgan fingerprint density at radius 3 is 2.12 bits per heavy atom. The Hall–Kier alpha value is -0.240. The fourth-order valence-electron chi connectivity index (χ4n) is 2.50. The van der Waals surface area contributed by atoms with Crippen LogP contribution in [0.5, 0.6) is 0 Å². The highest BCUT2D eigenvalue weighted by Gasteiger charge is 2.37. The van der Waals surface area contributed by atoms with E-state index < -0.39 is 5.60 Å². The Morgan fingerprint density at radius 2 is 1.59 bits per heavy atom. The zero-order valence-electron chi connectivity index (χ0n) is 10.3. The van der Waals surface area contributed by atoms with Gasteiger partial charge in [-0.15, -0.1) is 0 Å². The molecular weight excluding hydrogens is 255 g/mol. The molecule has 94 valence electrons. The molecule has 17 heavy (non-hydrogen) atoms. The first kappa shape index (κ1) is 13.2. The zero-order chi connectivity index (χ0) is 12.7. The average Bonchev–Trinajstić information content (AvgIpc) is 2.27. The molecular formula is C14H18Cl2O. The number of rotatable bonds is 1. The van der Waals surface area contributed by atoms with E-state index in [1.54, 1.807) is 0 Å². The Bertz CT molecular complexity index is 416. The van der Waals surface area contributed by atoms with Crippen molar-refractivity contribution in [1.82, 2.24) is 0 Å². The van der Waals surface area contributed by atoms with Crippen LogP contribution in [0.25, 0.3) is 0 Å². The lowest BCUT2D eigenvalue weighted by atomic mass is 9.67. The molecule has 1 aromatic carbocycles. The number of hydrogen-bond acceptors (Lipinski definition) is 1. The monoisotopic (exact) mass is 272 g/mol. The van der Waals surface area contributed by atoms with Crippen LogP contribution in [0.2, 0.25) is 10.0 Å². The minimum Gasteiger partial charge on any atom is -0.390 e. The molecule has 0 amide bonds. The molecule has 0 saturated heterocycles. The summed E-state index contributed by atoms with van der Waals surface area (Å²) in [4.78, 5) is 0. The van der Waals surface area contributed by atoms with Crippen LogP contribution >= 0.6 is 23.2 Å². The number of benzene rings is 1. The molecule has 0 atom stereocenters. The topological polar surface area (TPSA) is 20.2 Å². The Labute approximate surface area is 113 Å². The molecule has 0 spiro atoms. The first-order valence-corrected chi connectivity index (χ1v) is 6.76. The van der Waals surface area contributed by atoms with Crippen molar-refractivity contribution in [2.45, 2.75) is 50.5 Å². The molecule has 0 aromatic heterocycles. The van der Waals surface area contributed by atoms with Crippen LogP contribution in [0.3, 0.4) is 0 Å². The lowest BCUT2D eigenvalue weighted by Crippen LogP contribution is -2.37. The molecule has 1 N–H and O–H groups in total. The SMILES string of the molecule is CC1(O)CCC(C)(c2ccc(Cl)c(Cl)c2)CC1. The van der Waals surface area contributed by atoms with Crippen LogP contribution < -0.4 is 0 Å². The first-order chi connectivity index (χ1) is 7.82. The normalized spacial score (nSPS) is 33.7. The molecule has 1 aliphatic rings. The maximum atomic E-state index is 10.0. The fourth-order valence-corrected chi connectivity index (χ4v) is 2.80. The van der Waals surface area contributed by atoms with E-state index in [9.17, 15) is 5.11 Å². The van der Waals surface area contributed by atoms with Gasteiger partial charge in [0.1, 0.15) is 0 Å². The Balaban J connectivity index is 2.24. The van der Waals surface area contributed by atoms with E-state index in [1.807, 2.05) is 25.1 Å². The van der Waals surface area contributed by atoms with Gasteiger partial charge in [-0.25, -0.2) is 0 Å². The molecule has 1 aromatic rings. The summed E-state index contributed by atoms with van der Waals surface area (Å²) in [5.41, 5.74) is 0.828. The Morgan fingerprint density at radius 1 is 1.00 bits per heavy atom. The second kappa shape index (κ2) is 4.46. The van der Waals surface area contributed by atoms with Crippen LogP contribution in [0.15, 0.2) is 18.2 Å². The van der Waals surface area contributed by atoms with E-state index in [2.05, 4.69) is 6.92 Å². The maximum absolute atomic E-state index is 10.0. The summed E-state index contributed by atoms with van der Waals surface area (Å²) < 4.78 is 0. The lowest BCUT2D eigenvalue weighted by Gasteiger charge is -2.41. The van der Waals surface area contributed by atoms with Gasteiger partial charge in [0, 0.05) is 0 Å². The van der Waals surface area contributed by atoms with E-state index in [4.69, 9.17) is 23.2 Å². The van der Waals surface area contributed by atoms with Crippen LogP contribution in [0.1, 0.15) is 45.1 Å². The van der Waals surface area contributed by atoms with E-state index in [1.165, 1.54) is 5.56 Å². The van der Waals surface area contributed by atoms with Gasteiger partial charge < -0.3 is 5.11 Å². The van der Waals surface area contributed by atoms with Crippen molar-refractivity contribution in [2.24, 2.45) is 0 Å². The third kappa shape index (κ3) is 2.78. The molecule has 1 aliphatic carbocycles. The molecule has 0 unspecified atom stereocenters. The van der Waals surface area contributed by atoms with Gasteiger partial charge in [0.2, 0.25) is 0 Å². The van der Waals surface area contributed by atoms with Crippen molar-refractivity contribution in [3.8, 4) is 0 Å². The minimum atomic E-state index is -0.504. The second-order valence-corrected chi connectivity index (χ2v) is 6.50. The number of aliphatic hydroxyl groups is 1. The molecule has 0 bridgehead atoms. The summed E-state index contributed by atoms with van der Waals surface area (Å²) in [6.45, 7) is 4.16. The smallest absolute Gasteiger partial charge is 0.0620 e. The van der Waals surface area contributed by atoms with Crippen molar-refractivity contribution in [1.29, 1.82) is 0 Å². The summed E-state index contributed by atoms with van der Waals surface area (Å²) in [5.74, 6) is 0. The van der Waals surface area contributed by atoms with Crippen LogP contribution in [0, 0.1) is 0 Å². The largest absolute Gasteiger partial charge is 0.390 e. The second-order valence-electron chi connectivity index (χ2n) is 5.69. The summed E-state index contributed by atoms with van der Waals surface area (Å²) >= 11 is 12.0. The third-order valence-electron chi connectivity index (χ3n) is 4.05. The van der Waals surface area contributed by atoms with Gasteiger partial charge in [-0.1, -0.05) is 36.2 Å². The van der Waals surface area contributed by atoms with Crippen LogP contribution in [-0.2, 0) is 5.41 Å². The highest BCUT2D eigenvalue weighted by atomic mass is 35.5. The molecule has 0 aliphatic heterocycles. The van der Waals surface area contributed by atoms with Crippen molar-refractivity contribution in [2.75, 3.05) is 0 Å². The molecule has 3 heteroatoms. The van der Waals surface area contributed by atoms with Crippen molar-refractivity contribution >= 4 is 23.2 Å². The number of hydrogen-bond donors (Lipinski definition) is 1. The average molecular weight is 273 g/mol. The van der Waals surface area contributed by atoms with Gasteiger partial charge in [0.15, 0.2) is 0 Å². The van der Waals surface area contributed by atoms with Crippen molar-refractivity contribution < 1.29 is 5.11 Å². The van der Waals surface area contributed by atoms with Crippen molar-refractivity contribution in [3.05, 3.63) is 33.8 Å². The summed E-state index contributed by atoms with van der Waals surface area (Å²) in [7, 11) is 0.